The second kappa shape index (κ2) is 9.54. The zero-order valence-corrected chi connectivity index (χ0v) is 16.0. The number of nitrogens with one attached hydrogen (secondary N) is 2. The first-order chi connectivity index (χ1) is 12.6. The lowest BCUT2D eigenvalue weighted by molar-refractivity contribution is 0.0867. The Morgan fingerprint density at radius 1 is 1.50 bits per heavy atom. The molecule has 5 nitrogen and oxygen atoms in total. The molecule has 0 fully saturated rings. The number of thiophene rings is 1. The van der Waals surface area contributed by atoms with Gasteiger partial charge in [-0.3, -0.25) is 15.1 Å². The van der Waals surface area contributed by atoms with E-state index in [-0.39, 0.29) is 5.91 Å². The maximum absolute atomic E-state index is 12.7. The van der Waals surface area contributed by atoms with Gasteiger partial charge in [0.05, 0.1) is 17.8 Å². The van der Waals surface area contributed by atoms with Gasteiger partial charge in [-0.2, -0.15) is 0 Å². The van der Waals surface area contributed by atoms with Crippen LogP contribution in [-0.4, -0.2) is 35.2 Å². The number of carbonyl (C=O) groups excluding carboxylic acids is 1. The number of allylic oxidation sites excluding steroid dienone is 3. The highest BCUT2D eigenvalue weighted by Crippen LogP contribution is 2.30. The molecular weight excluding hydrogens is 344 g/mol. The fourth-order valence-electron chi connectivity index (χ4n) is 2.21. The zero-order chi connectivity index (χ0) is 18.9. The van der Waals surface area contributed by atoms with Crippen molar-refractivity contribution in [2.45, 2.75) is 20.8 Å². The minimum Gasteiger partial charge on any atom is -0.374 e. The van der Waals surface area contributed by atoms with Crippen molar-refractivity contribution in [2.24, 2.45) is 0 Å². The Morgan fingerprint density at radius 3 is 3.00 bits per heavy atom. The number of hydrogen-bond acceptors (Lipinski definition) is 5. The van der Waals surface area contributed by atoms with Crippen molar-refractivity contribution in [3.8, 4) is 11.8 Å². The van der Waals surface area contributed by atoms with Gasteiger partial charge in [-0.05, 0) is 32.9 Å². The smallest absolute Gasteiger partial charge is 0.269 e. The van der Waals surface area contributed by atoms with E-state index in [2.05, 4.69) is 22.1 Å². The Balaban J connectivity index is 2.23. The highest BCUT2D eigenvalue weighted by atomic mass is 32.1. The minimum absolute atomic E-state index is 0.204. The molecule has 2 heterocycles. The molecule has 0 atom stereocenters. The van der Waals surface area contributed by atoms with Gasteiger partial charge in [-0.15, -0.1) is 17.3 Å². The molecule has 6 heteroatoms. The van der Waals surface area contributed by atoms with E-state index in [4.69, 9.17) is 5.41 Å². The first-order valence-electron chi connectivity index (χ1n) is 8.23. The molecule has 26 heavy (non-hydrogen) atoms. The van der Waals surface area contributed by atoms with E-state index in [0.29, 0.717) is 18.0 Å². The summed E-state index contributed by atoms with van der Waals surface area (Å²) in [7, 11) is 0. The van der Waals surface area contributed by atoms with Crippen LogP contribution in [0, 0.1) is 17.3 Å². The largest absolute Gasteiger partial charge is 0.374 e. The van der Waals surface area contributed by atoms with Gasteiger partial charge in [-0.1, -0.05) is 29.7 Å². The van der Waals surface area contributed by atoms with Crippen LogP contribution in [0.2, 0.25) is 0 Å². The van der Waals surface area contributed by atoms with Crippen LogP contribution in [0.1, 0.15) is 30.4 Å². The third-order valence-corrected chi connectivity index (χ3v) is 4.78. The normalized spacial score (nSPS) is 11.3. The number of pyridine rings is 1. The maximum Gasteiger partial charge on any atom is 0.269 e. The van der Waals surface area contributed by atoms with Crippen LogP contribution in [0.15, 0.2) is 42.1 Å². The van der Waals surface area contributed by atoms with Crippen molar-refractivity contribution < 1.29 is 4.79 Å². The van der Waals surface area contributed by atoms with Gasteiger partial charge in [0, 0.05) is 23.8 Å². The number of fused-ring (bicyclic) bond motifs is 1. The molecule has 2 aromatic heterocycles. The number of carbonyl (C=O) groups is 1. The summed E-state index contributed by atoms with van der Waals surface area (Å²) in [5, 5.41) is 11.7. The molecular formula is C20H22N4OS. The summed E-state index contributed by atoms with van der Waals surface area (Å²) >= 11 is 1.33. The molecule has 0 saturated carbocycles. The predicted octanol–water partition coefficient (Wildman–Crippen LogP) is 4.30. The monoisotopic (exact) mass is 366 g/mol. The van der Waals surface area contributed by atoms with E-state index in [1.165, 1.54) is 16.2 Å². The average Bonchev–Trinajstić information content (AvgIpc) is 3.10. The molecule has 2 rings (SSSR count). The van der Waals surface area contributed by atoms with Crippen LogP contribution in [0.3, 0.4) is 0 Å². The predicted molar refractivity (Wildman–Crippen MR) is 110 cm³/mol. The molecule has 0 aliphatic heterocycles. The molecule has 2 aromatic rings. The molecule has 0 aliphatic carbocycles. The third kappa shape index (κ3) is 4.80. The second-order valence-corrected chi connectivity index (χ2v) is 6.52. The zero-order valence-electron chi connectivity index (χ0n) is 15.2. The maximum atomic E-state index is 12.7. The molecule has 0 aromatic carbocycles. The van der Waals surface area contributed by atoms with Crippen LogP contribution in [0.25, 0.3) is 10.2 Å². The Morgan fingerprint density at radius 2 is 2.31 bits per heavy atom. The summed E-state index contributed by atoms with van der Waals surface area (Å²) in [5.74, 6) is 5.60. The van der Waals surface area contributed by atoms with E-state index >= 15 is 0 Å². The SMILES string of the molecule is CC#CCNc1ccnc2sc(C(=O)N(C=N)C/C=C\C(C)=C/C)cc12. The highest BCUT2D eigenvalue weighted by molar-refractivity contribution is 7.20. The van der Waals surface area contributed by atoms with Gasteiger partial charge in [0.2, 0.25) is 0 Å². The van der Waals surface area contributed by atoms with Crippen molar-refractivity contribution in [3.05, 3.63) is 47.0 Å². The third-order valence-electron chi connectivity index (χ3n) is 3.75. The number of nitrogens with zero attached hydrogens (tertiary/aromatic N) is 2. The highest BCUT2D eigenvalue weighted by Gasteiger charge is 2.17. The molecule has 1 amide bonds. The van der Waals surface area contributed by atoms with E-state index < -0.39 is 0 Å². The lowest BCUT2D eigenvalue weighted by Gasteiger charge is -2.13. The lowest BCUT2D eigenvalue weighted by atomic mass is 10.2. The average molecular weight is 366 g/mol. The summed E-state index contributed by atoms with van der Waals surface area (Å²) in [5.41, 5.74) is 2.01. The Labute approximate surface area is 157 Å². The lowest BCUT2D eigenvalue weighted by Crippen LogP contribution is -2.28. The van der Waals surface area contributed by atoms with Gasteiger partial charge in [0.15, 0.2) is 0 Å². The first-order valence-corrected chi connectivity index (χ1v) is 9.05. The van der Waals surface area contributed by atoms with Crippen molar-refractivity contribution >= 4 is 39.5 Å². The van der Waals surface area contributed by atoms with Gasteiger partial charge >= 0.3 is 0 Å². The number of anilines is 1. The second-order valence-electron chi connectivity index (χ2n) is 5.49. The van der Waals surface area contributed by atoms with E-state index in [9.17, 15) is 4.79 Å². The fraction of sp³-hybridized carbons (Fsp3) is 0.250. The quantitative estimate of drug-likeness (QED) is 0.332. The van der Waals surface area contributed by atoms with Crippen molar-refractivity contribution in [3.63, 3.8) is 0 Å². The van der Waals surface area contributed by atoms with Crippen LogP contribution in [0.5, 0.6) is 0 Å². The van der Waals surface area contributed by atoms with Crippen molar-refractivity contribution in [1.82, 2.24) is 9.88 Å². The molecule has 134 valence electrons. The summed E-state index contributed by atoms with van der Waals surface area (Å²) in [6.45, 7) is 6.63. The molecule has 0 unspecified atom stereocenters. The van der Waals surface area contributed by atoms with Crippen LogP contribution < -0.4 is 5.32 Å². The van der Waals surface area contributed by atoms with E-state index in [0.717, 1.165) is 27.8 Å². The van der Waals surface area contributed by atoms with E-state index in [1.807, 2.05) is 44.2 Å². The van der Waals surface area contributed by atoms with Crippen molar-refractivity contribution in [1.29, 1.82) is 5.41 Å². The molecule has 0 saturated heterocycles. The van der Waals surface area contributed by atoms with Crippen LogP contribution >= 0.6 is 11.3 Å². The standard InChI is InChI=1S/C20H22N4OS/c1-4-6-10-22-17-9-11-23-19-16(17)13-18(26-19)20(25)24(14-21)12-7-8-15(3)5-2/h5,7-9,11,13-14,21H,10,12H2,1-3H3,(H,22,23)/b8-7-,15-5-,21-14?. The van der Waals surface area contributed by atoms with Gasteiger partial charge in [0.1, 0.15) is 4.83 Å². The number of amides is 1. The number of hydrogen-bond donors (Lipinski definition) is 2. The van der Waals surface area contributed by atoms with Gasteiger partial charge < -0.3 is 5.32 Å². The first kappa shape index (κ1) is 19.4. The summed E-state index contributed by atoms with van der Waals surface area (Å²) in [6.07, 6.45) is 8.58. The molecule has 0 aliphatic rings. The Hall–Kier alpha value is -2.91. The number of rotatable bonds is 7. The Bertz CT molecular complexity index is 915. The minimum atomic E-state index is -0.204. The summed E-state index contributed by atoms with van der Waals surface area (Å²) < 4.78 is 0. The van der Waals surface area contributed by atoms with Crippen molar-refractivity contribution in [2.75, 3.05) is 18.4 Å². The molecule has 0 spiro atoms. The summed E-state index contributed by atoms with van der Waals surface area (Å²) in [6, 6.07) is 3.70. The van der Waals surface area contributed by atoms with Crippen LogP contribution in [-0.2, 0) is 0 Å². The molecule has 2 N–H and O–H groups in total. The molecule has 0 radical (unpaired) electrons. The fourth-order valence-corrected chi connectivity index (χ4v) is 3.19. The molecule has 0 bridgehead atoms. The summed E-state index contributed by atoms with van der Waals surface area (Å²) in [4.78, 5) is 19.8. The van der Waals surface area contributed by atoms with Gasteiger partial charge in [0.25, 0.3) is 5.91 Å². The van der Waals surface area contributed by atoms with Crippen LogP contribution in [0.4, 0.5) is 5.69 Å². The number of aromatic nitrogens is 1. The van der Waals surface area contributed by atoms with Gasteiger partial charge in [-0.25, -0.2) is 4.98 Å². The Kier molecular flexibility index (Phi) is 7.12. The van der Waals surface area contributed by atoms with E-state index in [1.54, 1.807) is 13.1 Å². The topological polar surface area (TPSA) is 69.1 Å².